The first-order valence-electron chi connectivity index (χ1n) is 11.4. The van der Waals surface area contributed by atoms with Gasteiger partial charge in [-0.15, -0.1) is 0 Å². The number of hydrogen-bond donors (Lipinski definition) is 1. The molecule has 2 heterocycles. The number of nitrogens with zero attached hydrogens (tertiary/aromatic N) is 3. The van der Waals surface area contributed by atoms with Crippen LogP contribution in [0, 0.1) is 28.6 Å². The molecule has 30 heavy (non-hydrogen) atoms. The van der Waals surface area contributed by atoms with E-state index in [-0.39, 0.29) is 34.5 Å². The summed E-state index contributed by atoms with van der Waals surface area (Å²) in [5.74, 6) is 2.12. The first kappa shape index (κ1) is 19.7. The highest BCUT2D eigenvalue weighted by molar-refractivity contribution is 5.90. The lowest BCUT2D eigenvalue weighted by molar-refractivity contribution is -0.138. The quantitative estimate of drug-likeness (QED) is 0.815. The summed E-state index contributed by atoms with van der Waals surface area (Å²) in [5, 5.41) is 3.28. The van der Waals surface area contributed by atoms with Crippen molar-refractivity contribution in [3.8, 4) is 0 Å². The molecule has 1 aromatic heterocycles. The van der Waals surface area contributed by atoms with E-state index in [2.05, 4.69) is 35.2 Å². The lowest BCUT2D eigenvalue weighted by atomic mass is 9.48. The Morgan fingerprint density at radius 3 is 2.63 bits per heavy atom. The fourth-order valence-corrected chi connectivity index (χ4v) is 7.61. The lowest BCUT2D eigenvalue weighted by Crippen LogP contribution is -2.60. The van der Waals surface area contributed by atoms with Crippen molar-refractivity contribution in [2.45, 2.75) is 64.5 Å². The van der Waals surface area contributed by atoms with Gasteiger partial charge in [0.1, 0.15) is 0 Å². The summed E-state index contributed by atoms with van der Waals surface area (Å²) in [6, 6.07) is 2.22. The third-order valence-corrected chi connectivity index (χ3v) is 9.20. The molecule has 6 nitrogen and oxygen atoms in total. The van der Waals surface area contributed by atoms with Gasteiger partial charge in [-0.3, -0.25) is 9.59 Å². The average Bonchev–Trinajstić information content (AvgIpc) is 3.08. The molecule has 1 aliphatic heterocycles. The van der Waals surface area contributed by atoms with Gasteiger partial charge in [0.2, 0.25) is 11.7 Å². The summed E-state index contributed by atoms with van der Waals surface area (Å²) in [5.41, 5.74) is 0.182. The fraction of sp³-hybridized carbons (Fsp3) is 0.667. The van der Waals surface area contributed by atoms with Crippen LogP contribution in [0.2, 0.25) is 0 Å². The molecule has 0 saturated heterocycles. The number of carbonyl (C=O) groups excluding carboxylic acids is 2. The molecule has 7 atom stereocenters. The van der Waals surface area contributed by atoms with Gasteiger partial charge in [-0.2, -0.15) is 0 Å². The smallest absolute Gasteiger partial charge is 0.289 e. The Morgan fingerprint density at radius 1 is 1.10 bits per heavy atom. The fourth-order valence-electron chi connectivity index (χ4n) is 7.61. The summed E-state index contributed by atoms with van der Waals surface area (Å²) < 4.78 is 0. The molecule has 0 bridgehead atoms. The minimum atomic E-state index is -0.157. The van der Waals surface area contributed by atoms with Crippen molar-refractivity contribution in [1.29, 1.82) is 0 Å². The van der Waals surface area contributed by atoms with Crippen LogP contribution in [0.15, 0.2) is 30.6 Å². The largest absolute Gasteiger partial charge is 0.346 e. The molecule has 0 radical (unpaired) electrons. The van der Waals surface area contributed by atoms with Crippen molar-refractivity contribution in [2.24, 2.45) is 28.6 Å². The number of carbonyl (C=O) groups is 2. The van der Waals surface area contributed by atoms with E-state index in [0.29, 0.717) is 23.8 Å². The van der Waals surface area contributed by atoms with Crippen molar-refractivity contribution in [3.05, 3.63) is 36.4 Å². The summed E-state index contributed by atoms with van der Waals surface area (Å²) >= 11 is 0. The number of amides is 2. The van der Waals surface area contributed by atoms with Crippen molar-refractivity contribution < 1.29 is 9.59 Å². The molecule has 6 heteroatoms. The Bertz CT molecular complexity index is 886. The Labute approximate surface area is 178 Å². The SMILES string of the molecule is CN1C(=O)C=C[C@]2(C)[C@H]3CC[C@]4(C)[C@@H](NC(=O)c5ncccn5)CC[C@H]4[C@@H]3CC[C@@H]12. The second-order valence-corrected chi connectivity index (χ2v) is 10.3. The summed E-state index contributed by atoms with van der Waals surface area (Å²) in [6.07, 6.45) is 14.0. The van der Waals surface area contributed by atoms with Gasteiger partial charge in [0, 0.05) is 36.9 Å². The Hall–Kier alpha value is -2.24. The van der Waals surface area contributed by atoms with E-state index in [1.54, 1.807) is 24.5 Å². The van der Waals surface area contributed by atoms with Gasteiger partial charge in [-0.05, 0) is 73.8 Å². The molecule has 3 aliphatic carbocycles. The van der Waals surface area contributed by atoms with Gasteiger partial charge in [-0.1, -0.05) is 19.9 Å². The maximum Gasteiger partial charge on any atom is 0.289 e. The van der Waals surface area contributed by atoms with Gasteiger partial charge >= 0.3 is 0 Å². The van der Waals surface area contributed by atoms with E-state index in [9.17, 15) is 9.59 Å². The summed E-state index contributed by atoms with van der Waals surface area (Å²) in [4.78, 5) is 35.2. The van der Waals surface area contributed by atoms with Gasteiger partial charge < -0.3 is 10.2 Å². The molecule has 3 fully saturated rings. The second-order valence-electron chi connectivity index (χ2n) is 10.3. The molecule has 3 saturated carbocycles. The van der Waals surface area contributed by atoms with Crippen LogP contribution in [0.25, 0.3) is 0 Å². The van der Waals surface area contributed by atoms with Gasteiger partial charge in [0.05, 0.1) is 0 Å². The minimum absolute atomic E-state index is 0.0616. The Kier molecular flexibility index (Phi) is 4.53. The number of nitrogens with one attached hydrogen (secondary N) is 1. The number of hydrogen-bond acceptors (Lipinski definition) is 4. The molecule has 160 valence electrons. The third-order valence-electron chi connectivity index (χ3n) is 9.20. The van der Waals surface area contributed by atoms with Gasteiger partial charge in [0.25, 0.3) is 5.91 Å². The third kappa shape index (κ3) is 2.75. The maximum absolute atomic E-state index is 12.7. The van der Waals surface area contributed by atoms with Crippen LogP contribution in [0.3, 0.4) is 0 Å². The van der Waals surface area contributed by atoms with Crippen LogP contribution in [0.5, 0.6) is 0 Å². The first-order chi connectivity index (χ1) is 14.3. The molecule has 1 N–H and O–H groups in total. The molecule has 0 spiro atoms. The normalized spacial score (nSPS) is 42.3. The molecule has 1 aromatic rings. The predicted octanol–water partition coefficient (Wildman–Crippen LogP) is 3.21. The minimum Gasteiger partial charge on any atom is -0.346 e. The zero-order valence-corrected chi connectivity index (χ0v) is 18.2. The zero-order chi connectivity index (χ0) is 21.1. The van der Waals surface area contributed by atoms with E-state index in [0.717, 1.165) is 32.1 Å². The van der Waals surface area contributed by atoms with Crippen LogP contribution in [-0.4, -0.2) is 45.8 Å². The number of fused-ring (bicyclic) bond motifs is 5. The average molecular weight is 409 g/mol. The van der Waals surface area contributed by atoms with Crippen LogP contribution in [-0.2, 0) is 4.79 Å². The van der Waals surface area contributed by atoms with E-state index in [4.69, 9.17) is 0 Å². The molecule has 4 aliphatic rings. The highest BCUT2D eigenvalue weighted by Gasteiger charge is 2.60. The Balaban J connectivity index is 1.37. The number of likely N-dealkylation sites (N-methyl/N-ethyl adjacent to an activating group) is 1. The maximum atomic E-state index is 12.7. The van der Waals surface area contributed by atoms with Gasteiger partial charge in [-0.25, -0.2) is 9.97 Å². The molecule has 5 rings (SSSR count). The summed E-state index contributed by atoms with van der Waals surface area (Å²) in [7, 11) is 1.97. The lowest BCUT2D eigenvalue weighted by Gasteiger charge is -2.60. The van der Waals surface area contributed by atoms with Crippen LogP contribution in [0.4, 0.5) is 0 Å². The van der Waals surface area contributed by atoms with E-state index < -0.39 is 0 Å². The van der Waals surface area contributed by atoms with E-state index in [1.807, 2.05) is 11.9 Å². The van der Waals surface area contributed by atoms with Gasteiger partial charge in [0.15, 0.2) is 0 Å². The second kappa shape index (κ2) is 6.89. The van der Waals surface area contributed by atoms with Crippen LogP contribution >= 0.6 is 0 Å². The van der Waals surface area contributed by atoms with Crippen molar-refractivity contribution in [3.63, 3.8) is 0 Å². The first-order valence-corrected chi connectivity index (χ1v) is 11.4. The molecular weight excluding hydrogens is 376 g/mol. The molecule has 2 amide bonds. The van der Waals surface area contributed by atoms with Crippen molar-refractivity contribution >= 4 is 11.8 Å². The molecule has 0 unspecified atom stereocenters. The Morgan fingerprint density at radius 2 is 1.87 bits per heavy atom. The predicted molar refractivity (Wildman–Crippen MR) is 113 cm³/mol. The zero-order valence-electron chi connectivity index (χ0n) is 18.2. The summed E-state index contributed by atoms with van der Waals surface area (Å²) in [6.45, 7) is 4.76. The van der Waals surface area contributed by atoms with E-state index in [1.165, 1.54) is 6.42 Å². The highest BCUT2D eigenvalue weighted by atomic mass is 16.2. The van der Waals surface area contributed by atoms with E-state index >= 15 is 0 Å². The molecule has 0 aromatic carbocycles. The number of rotatable bonds is 2. The molecular formula is C24H32N4O2. The van der Waals surface area contributed by atoms with Crippen LogP contribution < -0.4 is 5.32 Å². The van der Waals surface area contributed by atoms with Crippen molar-refractivity contribution in [1.82, 2.24) is 20.2 Å². The highest BCUT2D eigenvalue weighted by Crippen LogP contribution is 2.63. The van der Waals surface area contributed by atoms with Crippen LogP contribution in [0.1, 0.15) is 63.0 Å². The number of aromatic nitrogens is 2. The standard InChI is InChI=1S/C24H32N4O2/c1-23-11-9-17-15(5-8-19-24(17,2)12-10-20(29)28(19)3)16(23)6-7-18(23)27-22(30)21-25-13-4-14-26-21/h4,10,12-19H,5-9,11H2,1-3H3,(H,27,30)/t15-,16-,17-,18-,19+,23-,24+/m0/s1. The monoisotopic (exact) mass is 408 g/mol. The van der Waals surface area contributed by atoms with Crippen molar-refractivity contribution in [2.75, 3.05) is 7.05 Å². The topological polar surface area (TPSA) is 75.2 Å².